The van der Waals surface area contributed by atoms with Crippen molar-refractivity contribution in [1.82, 2.24) is 0 Å². The minimum atomic E-state index is -0.206. The maximum atomic E-state index is 11.6. The summed E-state index contributed by atoms with van der Waals surface area (Å²) in [6.07, 6.45) is 4.06. The van der Waals surface area contributed by atoms with Crippen LogP contribution in [-0.4, -0.2) is 22.4 Å². The summed E-state index contributed by atoms with van der Waals surface area (Å²) in [6.45, 7) is 18.9. The Kier molecular flexibility index (Phi) is 6.92. The first kappa shape index (κ1) is 22.6. The molecule has 3 rings (SSSR count). The number of rotatable bonds is 4. The number of aliphatic hydroxyl groups is 2. The Bertz CT molecular complexity index is 421. The van der Waals surface area contributed by atoms with Gasteiger partial charge in [-0.3, -0.25) is 0 Å². The van der Waals surface area contributed by atoms with Gasteiger partial charge < -0.3 is 10.2 Å². The molecule has 164 valence electrons. The third-order valence-corrected chi connectivity index (χ3v) is 9.56. The van der Waals surface area contributed by atoms with Crippen molar-refractivity contribution in [2.45, 2.75) is 93.3 Å². The van der Waals surface area contributed by atoms with Crippen LogP contribution in [0, 0.1) is 71.0 Å². The third-order valence-electron chi connectivity index (χ3n) is 9.56. The molecule has 2 heteroatoms. The summed E-state index contributed by atoms with van der Waals surface area (Å²) in [5.41, 5.74) is 0. The van der Waals surface area contributed by atoms with Crippen LogP contribution >= 0.6 is 0 Å². The predicted molar refractivity (Wildman–Crippen MR) is 118 cm³/mol. The van der Waals surface area contributed by atoms with Crippen LogP contribution < -0.4 is 0 Å². The van der Waals surface area contributed by atoms with Crippen LogP contribution in [-0.2, 0) is 0 Å². The summed E-state index contributed by atoms with van der Waals surface area (Å²) >= 11 is 0. The summed E-state index contributed by atoms with van der Waals surface area (Å²) < 4.78 is 0. The van der Waals surface area contributed by atoms with E-state index in [1.807, 2.05) is 0 Å². The first-order valence-corrected chi connectivity index (χ1v) is 12.4. The minimum absolute atomic E-state index is 0.206. The summed E-state index contributed by atoms with van der Waals surface area (Å²) in [4.78, 5) is 0. The Morgan fingerprint density at radius 2 is 0.607 bits per heavy atom. The quantitative estimate of drug-likeness (QED) is 0.629. The highest BCUT2D eigenvalue weighted by molar-refractivity contribution is 5.05. The average molecular weight is 393 g/mol. The van der Waals surface area contributed by atoms with Gasteiger partial charge in [-0.25, -0.2) is 0 Å². The van der Waals surface area contributed by atoms with Gasteiger partial charge in [0.25, 0.3) is 0 Å². The molecule has 28 heavy (non-hydrogen) atoms. The molecule has 8 unspecified atom stereocenters. The number of aliphatic hydroxyl groups excluding tert-OH is 2. The second-order valence-electron chi connectivity index (χ2n) is 12.2. The van der Waals surface area contributed by atoms with E-state index in [4.69, 9.17) is 0 Å². The molecule has 0 heterocycles. The fourth-order valence-corrected chi connectivity index (χ4v) is 7.93. The Balaban J connectivity index is 1.87. The number of hydrogen-bond acceptors (Lipinski definition) is 2. The van der Waals surface area contributed by atoms with Crippen molar-refractivity contribution >= 4 is 0 Å². The summed E-state index contributed by atoms with van der Waals surface area (Å²) in [7, 11) is 0. The van der Waals surface area contributed by atoms with E-state index in [9.17, 15) is 10.2 Å². The lowest BCUT2D eigenvalue weighted by Crippen LogP contribution is -2.59. The molecule has 0 aromatic heterocycles. The van der Waals surface area contributed by atoms with Gasteiger partial charge in [-0.15, -0.1) is 0 Å². The smallest absolute Gasteiger partial charge is 0.0603 e. The lowest BCUT2D eigenvalue weighted by molar-refractivity contribution is -0.179. The molecule has 0 saturated heterocycles. The molecule has 3 saturated carbocycles. The van der Waals surface area contributed by atoms with Crippen molar-refractivity contribution in [2.24, 2.45) is 71.0 Å². The zero-order valence-corrected chi connectivity index (χ0v) is 19.8. The van der Waals surface area contributed by atoms with Gasteiger partial charge in [-0.2, -0.15) is 0 Å². The Hall–Kier alpha value is -0.0800. The van der Waals surface area contributed by atoms with Crippen molar-refractivity contribution in [3.8, 4) is 0 Å². The first-order chi connectivity index (χ1) is 13.0. The second-order valence-corrected chi connectivity index (χ2v) is 12.2. The van der Waals surface area contributed by atoms with Gasteiger partial charge in [0.05, 0.1) is 12.2 Å². The first-order valence-electron chi connectivity index (χ1n) is 12.4. The normalized spacial score (nSPS) is 46.9. The zero-order valence-electron chi connectivity index (χ0n) is 19.8. The van der Waals surface area contributed by atoms with E-state index >= 15 is 0 Å². The van der Waals surface area contributed by atoms with E-state index < -0.39 is 0 Å². The minimum Gasteiger partial charge on any atom is -0.393 e. The molecule has 0 amide bonds. The van der Waals surface area contributed by atoms with Gasteiger partial charge >= 0.3 is 0 Å². The van der Waals surface area contributed by atoms with E-state index in [1.54, 1.807) is 0 Å². The maximum Gasteiger partial charge on any atom is 0.0603 e. The fraction of sp³-hybridized carbons (Fsp3) is 1.00. The van der Waals surface area contributed by atoms with Crippen molar-refractivity contribution in [1.29, 1.82) is 0 Å². The summed E-state index contributed by atoms with van der Waals surface area (Å²) in [5, 5.41) is 23.1. The molecule has 0 spiro atoms. The Morgan fingerprint density at radius 3 is 0.750 bits per heavy atom. The van der Waals surface area contributed by atoms with Crippen LogP contribution in [0.25, 0.3) is 0 Å². The lowest BCUT2D eigenvalue weighted by Gasteiger charge is -2.58. The fourth-order valence-electron chi connectivity index (χ4n) is 7.93. The van der Waals surface area contributed by atoms with Crippen molar-refractivity contribution in [3.05, 3.63) is 0 Å². The predicted octanol–water partition coefficient (Wildman–Crippen LogP) is 5.86. The van der Waals surface area contributed by atoms with Crippen LogP contribution in [0.3, 0.4) is 0 Å². The van der Waals surface area contributed by atoms with Gasteiger partial charge in [0, 0.05) is 0 Å². The van der Waals surface area contributed by atoms with Gasteiger partial charge in [0.2, 0.25) is 0 Å². The maximum absolute atomic E-state index is 11.6. The summed E-state index contributed by atoms with van der Waals surface area (Å²) in [6, 6.07) is 0. The molecule has 3 aliphatic rings. The highest BCUT2D eigenvalue weighted by Gasteiger charge is 2.56. The van der Waals surface area contributed by atoms with Gasteiger partial charge in [0.1, 0.15) is 0 Å². The zero-order chi connectivity index (χ0) is 20.9. The van der Waals surface area contributed by atoms with E-state index in [2.05, 4.69) is 55.4 Å². The monoisotopic (exact) mass is 392 g/mol. The standard InChI is InChI=1S/C26H48O2/c1-13(2)17-9-21-22(10-18(17)14(3)4)26(28)24-12-20(16(7)8)19(15(5)6)11-23(24)25(21)27/h13-28H,9-12H2,1-8H3. The van der Waals surface area contributed by atoms with Crippen LogP contribution in [0.4, 0.5) is 0 Å². The number of hydrogen-bond donors (Lipinski definition) is 2. The third kappa shape index (κ3) is 3.94. The molecule has 3 aliphatic carbocycles. The van der Waals surface area contributed by atoms with Crippen LogP contribution in [0.5, 0.6) is 0 Å². The highest BCUT2D eigenvalue weighted by atomic mass is 16.3. The summed E-state index contributed by atoms with van der Waals surface area (Å²) in [5.74, 6) is 6.63. The molecule has 3 fully saturated rings. The van der Waals surface area contributed by atoms with Crippen molar-refractivity contribution in [3.63, 3.8) is 0 Å². The molecular formula is C26H48O2. The molecule has 0 aromatic carbocycles. The van der Waals surface area contributed by atoms with Crippen LogP contribution in [0.15, 0.2) is 0 Å². The SMILES string of the molecule is CC(C)C1CC2C(O)C3CC(C(C)C)C(C(C)C)CC3C(O)C2CC1C(C)C. The lowest BCUT2D eigenvalue weighted by atomic mass is 9.49. The van der Waals surface area contributed by atoms with E-state index in [0.29, 0.717) is 71.0 Å². The Morgan fingerprint density at radius 1 is 0.429 bits per heavy atom. The second kappa shape index (κ2) is 8.58. The molecule has 0 aromatic rings. The highest BCUT2D eigenvalue weighted by Crippen LogP contribution is 2.57. The number of fused-ring (bicyclic) bond motifs is 2. The van der Waals surface area contributed by atoms with Crippen LogP contribution in [0.2, 0.25) is 0 Å². The molecule has 0 aliphatic heterocycles. The van der Waals surface area contributed by atoms with Gasteiger partial charge in [0.15, 0.2) is 0 Å². The molecule has 8 atom stereocenters. The van der Waals surface area contributed by atoms with E-state index in [-0.39, 0.29) is 12.2 Å². The molecule has 2 nitrogen and oxygen atoms in total. The molecular weight excluding hydrogens is 344 g/mol. The van der Waals surface area contributed by atoms with E-state index in [1.165, 1.54) is 0 Å². The largest absolute Gasteiger partial charge is 0.393 e. The average Bonchev–Trinajstić information content (AvgIpc) is 2.63. The van der Waals surface area contributed by atoms with Gasteiger partial charge in [-0.05, 0) is 96.7 Å². The van der Waals surface area contributed by atoms with Crippen LogP contribution in [0.1, 0.15) is 81.1 Å². The molecule has 0 radical (unpaired) electrons. The topological polar surface area (TPSA) is 40.5 Å². The molecule has 0 bridgehead atoms. The van der Waals surface area contributed by atoms with Gasteiger partial charge in [-0.1, -0.05) is 55.4 Å². The van der Waals surface area contributed by atoms with Crippen molar-refractivity contribution in [2.75, 3.05) is 0 Å². The van der Waals surface area contributed by atoms with E-state index in [0.717, 1.165) is 25.7 Å². The molecule has 2 N–H and O–H groups in total. The van der Waals surface area contributed by atoms with Crippen molar-refractivity contribution < 1.29 is 10.2 Å². The Labute approximate surface area is 174 Å².